The second-order valence-electron chi connectivity index (χ2n) is 6.12. The highest BCUT2D eigenvalue weighted by Gasteiger charge is 2.27. The molecule has 1 aromatic carbocycles. The maximum Gasteiger partial charge on any atom is 0.217 e. The molecule has 0 radical (unpaired) electrons. The summed E-state index contributed by atoms with van der Waals surface area (Å²) in [5, 5.41) is 3.02. The number of hydrogen-bond donors (Lipinski definition) is 2. The first-order chi connectivity index (χ1) is 9.93. The monoisotopic (exact) mass is 290 g/mol. The zero-order valence-corrected chi connectivity index (χ0v) is 13.4. The normalized spacial score (nSPS) is 18.9. The van der Waals surface area contributed by atoms with Crippen molar-refractivity contribution in [2.45, 2.75) is 52.6 Å². The van der Waals surface area contributed by atoms with Crippen molar-refractivity contribution in [3.05, 3.63) is 28.8 Å². The predicted molar refractivity (Wildman–Crippen MR) is 84.3 cm³/mol. The molecule has 2 rings (SSSR count). The van der Waals surface area contributed by atoms with Crippen LogP contribution >= 0.6 is 0 Å². The van der Waals surface area contributed by atoms with Gasteiger partial charge in [0.25, 0.3) is 0 Å². The summed E-state index contributed by atoms with van der Waals surface area (Å²) in [6.45, 7) is 8.53. The van der Waals surface area contributed by atoms with Gasteiger partial charge in [0.05, 0.1) is 12.6 Å². The minimum atomic E-state index is -0.0543. The molecule has 1 aromatic rings. The molecule has 1 aliphatic heterocycles. The number of rotatable bonds is 4. The summed E-state index contributed by atoms with van der Waals surface area (Å²) >= 11 is 0. The Morgan fingerprint density at radius 1 is 1.48 bits per heavy atom. The second-order valence-corrected chi connectivity index (χ2v) is 6.12. The SMILES string of the molecule is CCc1cc2c(c(C(N)C(C)C)c1)OCCC2NC(C)=O. The first-order valence-corrected chi connectivity index (χ1v) is 7.76. The smallest absolute Gasteiger partial charge is 0.217 e. The van der Waals surface area contributed by atoms with Crippen LogP contribution in [-0.4, -0.2) is 12.5 Å². The molecule has 0 saturated heterocycles. The number of benzene rings is 1. The molecule has 21 heavy (non-hydrogen) atoms. The fourth-order valence-electron chi connectivity index (χ4n) is 2.80. The fourth-order valence-corrected chi connectivity index (χ4v) is 2.80. The van der Waals surface area contributed by atoms with Crippen LogP contribution in [0.1, 0.15) is 62.9 Å². The van der Waals surface area contributed by atoms with Crippen molar-refractivity contribution >= 4 is 5.91 Å². The van der Waals surface area contributed by atoms with E-state index in [1.807, 2.05) is 0 Å². The summed E-state index contributed by atoms with van der Waals surface area (Å²) in [5.41, 5.74) is 9.74. The molecule has 0 aliphatic carbocycles. The summed E-state index contributed by atoms with van der Waals surface area (Å²) in [6, 6.07) is 4.27. The third-order valence-corrected chi connectivity index (χ3v) is 4.10. The minimum Gasteiger partial charge on any atom is -0.493 e. The van der Waals surface area contributed by atoms with E-state index in [1.54, 1.807) is 6.92 Å². The Morgan fingerprint density at radius 2 is 2.19 bits per heavy atom. The molecule has 1 amide bonds. The van der Waals surface area contributed by atoms with E-state index in [1.165, 1.54) is 5.56 Å². The predicted octanol–water partition coefficient (Wildman–Crippen LogP) is 2.86. The van der Waals surface area contributed by atoms with Gasteiger partial charge in [-0.25, -0.2) is 0 Å². The number of ether oxygens (including phenoxy) is 1. The number of fused-ring (bicyclic) bond motifs is 1. The van der Waals surface area contributed by atoms with Crippen molar-refractivity contribution in [2.75, 3.05) is 6.61 Å². The summed E-state index contributed by atoms with van der Waals surface area (Å²) < 4.78 is 5.91. The third-order valence-electron chi connectivity index (χ3n) is 4.10. The number of nitrogens with one attached hydrogen (secondary N) is 1. The van der Waals surface area contributed by atoms with E-state index in [2.05, 4.69) is 38.2 Å². The number of amides is 1. The summed E-state index contributed by atoms with van der Waals surface area (Å²) in [6.07, 6.45) is 1.74. The Labute approximate surface area is 127 Å². The lowest BCUT2D eigenvalue weighted by Gasteiger charge is -2.31. The molecule has 0 fully saturated rings. The largest absolute Gasteiger partial charge is 0.493 e. The van der Waals surface area contributed by atoms with E-state index in [0.29, 0.717) is 12.5 Å². The maximum atomic E-state index is 11.4. The van der Waals surface area contributed by atoms with Gasteiger partial charge in [0.1, 0.15) is 5.75 Å². The standard InChI is InChI=1S/C17H26N2O2/c1-5-12-8-13-15(19-11(4)20)6-7-21-17(13)14(9-12)16(18)10(2)3/h8-10,15-16H,5-7,18H2,1-4H3,(H,19,20). The van der Waals surface area contributed by atoms with Crippen LogP contribution in [0.5, 0.6) is 5.75 Å². The van der Waals surface area contributed by atoms with E-state index in [4.69, 9.17) is 10.5 Å². The number of nitrogens with two attached hydrogens (primary N) is 1. The van der Waals surface area contributed by atoms with E-state index in [9.17, 15) is 4.79 Å². The minimum absolute atomic E-state index is 0.00976. The van der Waals surface area contributed by atoms with Gasteiger partial charge in [0.15, 0.2) is 0 Å². The quantitative estimate of drug-likeness (QED) is 0.896. The first-order valence-electron chi connectivity index (χ1n) is 7.76. The number of carbonyl (C=O) groups is 1. The molecule has 0 spiro atoms. The molecule has 2 atom stereocenters. The second kappa shape index (κ2) is 6.48. The Hall–Kier alpha value is -1.55. The number of aryl methyl sites for hydroxylation is 1. The van der Waals surface area contributed by atoms with Crippen LogP contribution in [0.2, 0.25) is 0 Å². The van der Waals surface area contributed by atoms with E-state index >= 15 is 0 Å². The average molecular weight is 290 g/mol. The van der Waals surface area contributed by atoms with Crippen LogP contribution in [0.25, 0.3) is 0 Å². The topological polar surface area (TPSA) is 64.3 Å². The molecule has 4 nitrogen and oxygen atoms in total. The van der Waals surface area contributed by atoms with Gasteiger partial charge in [0.2, 0.25) is 5.91 Å². The molecule has 0 bridgehead atoms. The van der Waals surface area contributed by atoms with Gasteiger partial charge in [-0.2, -0.15) is 0 Å². The molecule has 0 saturated carbocycles. The molecule has 4 heteroatoms. The van der Waals surface area contributed by atoms with Crippen molar-refractivity contribution in [1.82, 2.24) is 5.32 Å². The molecule has 116 valence electrons. The number of hydrogen-bond acceptors (Lipinski definition) is 3. The molecule has 0 aromatic heterocycles. The summed E-state index contributed by atoms with van der Waals surface area (Å²) in [5.74, 6) is 1.20. The van der Waals surface area contributed by atoms with Crippen molar-refractivity contribution in [3.8, 4) is 5.75 Å². The highest BCUT2D eigenvalue weighted by atomic mass is 16.5. The lowest BCUT2D eigenvalue weighted by molar-refractivity contribution is -0.119. The summed E-state index contributed by atoms with van der Waals surface area (Å²) in [7, 11) is 0. The van der Waals surface area contributed by atoms with Crippen molar-refractivity contribution in [1.29, 1.82) is 0 Å². The van der Waals surface area contributed by atoms with Gasteiger partial charge in [-0.15, -0.1) is 0 Å². The van der Waals surface area contributed by atoms with E-state index in [0.717, 1.165) is 29.7 Å². The van der Waals surface area contributed by atoms with Gasteiger partial charge in [0, 0.05) is 30.5 Å². The highest BCUT2D eigenvalue weighted by molar-refractivity contribution is 5.73. The molecule has 3 N–H and O–H groups in total. The zero-order chi connectivity index (χ0) is 15.6. The van der Waals surface area contributed by atoms with Crippen molar-refractivity contribution in [2.24, 2.45) is 11.7 Å². The van der Waals surface area contributed by atoms with Gasteiger partial charge in [-0.1, -0.05) is 32.9 Å². The molecule has 1 aliphatic rings. The van der Waals surface area contributed by atoms with E-state index < -0.39 is 0 Å². The van der Waals surface area contributed by atoms with Gasteiger partial charge in [-0.05, 0) is 17.9 Å². The zero-order valence-electron chi connectivity index (χ0n) is 13.4. The Morgan fingerprint density at radius 3 is 2.76 bits per heavy atom. The van der Waals surface area contributed by atoms with Crippen molar-refractivity contribution < 1.29 is 9.53 Å². The van der Waals surface area contributed by atoms with Crippen LogP contribution in [-0.2, 0) is 11.2 Å². The lowest BCUT2D eigenvalue weighted by atomic mass is 9.88. The van der Waals surface area contributed by atoms with Crippen molar-refractivity contribution in [3.63, 3.8) is 0 Å². The Bertz CT molecular complexity index is 526. The molecular formula is C17H26N2O2. The fraction of sp³-hybridized carbons (Fsp3) is 0.588. The van der Waals surface area contributed by atoms with Crippen LogP contribution < -0.4 is 15.8 Å². The van der Waals surface area contributed by atoms with Crippen LogP contribution in [0.3, 0.4) is 0 Å². The summed E-state index contributed by atoms with van der Waals surface area (Å²) in [4.78, 5) is 11.4. The Balaban J connectivity index is 2.50. The lowest BCUT2D eigenvalue weighted by Crippen LogP contribution is -2.31. The van der Waals surface area contributed by atoms with Crippen LogP contribution in [0.15, 0.2) is 12.1 Å². The van der Waals surface area contributed by atoms with Crippen LogP contribution in [0, 0.1) is 5.92 Å². The van der Waals surface area contributed by atoms with E-state index in [-0.39, 0.29) is 18.0 Å². The van der Waals surface area contributed by atoms with Gasteiger partial charge >= 0.3 is 0 Å². The third kappa shape index (κ3) is 3.38. The Kier molecular flexibility index (Phi) is 4.88. The number of carbonyl (C=O) groups excluding carboxylic acids is 1. The van der Waals surface area contributed by atoms with Gasteiger partial charge in [-0.3, -0.25) is 4.79 Å². The molecular weight excluding hydrogens is 264 g/mol. The maximum absolute atomic E-state index is 11.4. The average Bonchev–Trinajstić information content (AvgIpc) is 2.45. The van der Waals surface area contributed by atoms with Gasteiger partial charge < -0.3 is 15.8 Å². The highest BCUT2D eigenvalue weighted by Crippen LogP contribution is 2.40. The molecule has 2 unspecified atom stereocenters. The molecule has 1 heterocycles. The van der Waals surface area contributed by atoms with Crippen LogP contribution in [0.4, 0.5) is 0 Å². The first kappa shape index (κ1) is 15.8.